The van der Waals surface area contributed by atoms with E-state index in [-0.39, 0.29) is 5.97 Å². The number of likely N-dealkylation sites (tertiary alicyclic amines) is 1. The molecule has 0 aromatic heterocycles. The van der Waals surface area contributed by atoms with Crippen molar-refractivity contribution in [1.29, 1.82) is 0 Å². The molecule has 0 radical (unpaired) electrons. The monoisotopic (exact) mass is 212 g/mol. The number of carbonyl (C=O) groups is 1. The molecular formula is C11H20N2O2. The summed E-state index contributed by atoms with van der Waals surface area (Å²) in [5.74, 6) is -0.0994. The van der Waals surface area contributed by atoms with Gasteiger partial charge in [-0.1, -0.05) is 0 Å². The van der Waals surface area contributed by atoms with Gasteiger partial charge in [0.2, 0.25) is 0 Å². The molecule has 4 nitrogen and oxygen atoms in total. The van der Waals surface area contributed by atoms with Crippen LogP contribution in [0.5, 0.6) is 0 Å². The average Bonchev–Trinajstić information content (AvgIpc) is 2.12. The summed E-state index contributed by atoms with van der Waals surface area (Å²) in [6.45, 7) is 3.20. The van der Waals surface area contributed by atoms with E-state index < -0.39 is 0 Å². The van der Waals surface area contributed by atoms with Crippen molar-refractivity contribution in [1.82, 2.24) is 10.2 Å². The third-order valence-electron chi connectivity index (χ3n) is 3.74. The van der Waals surface area contributed by atoms with Crippen molar-refractivity contribution in [3.8, 4) is 0 Å². The quantitative estimate of drug-likeness (QED) is 0.678. The lowest BCUT2D eigenvalue weighted by Gasteiger charge is -2.59. The number of carbonyl (C=O) groups excluding carboxylic acids is 1. The summed E-state index contributed by atoms with van der Waals surface area (Å²) in [5, 5.41) is 3.31. The van der Waals surface area contributed by atoms with Gasteiger partial charge in [-0.3, -0.25) is 4.79 Å². The Hall–Kier alpha value is -0.610. The average molecular weight is 212 g/mol. The third-order valence-corrected chi connectivity index (χ3v) is 3.74. The molecule has 2 fully saturated rings. The highest BCUT2D eigenvalue weighted by Crippen LogP contribution is 2.48. The minimum Gasteiger partial charge on any atom is -0.469 e. The van der Waals surface area contributed by atoms with Crippen LogP contribution in [0.15, 0.2) is 0 Å². The highest BCUT2D eigenvalue weighted by atomic mass is 16.5. The van der Waals surface area contributed by atoms with E-state index in [4.69, 9.17) is 0 Å². The van der Waals surface area contributed by atoms with Gasteiger partial charge in [-0.25, -0.2) is 0 Å². The van der Waals surface area contributed by atoms with Gasteiger partial charge in [-0.05, 0) is 25.3 Å². The van der Waals surface area contributed by atoms with E-state index in [0.29, 0.717) is 11.8 Å². The van der Waals surface area contributed by atoms with Gasteiger partial charge in [-0.2, -0.15) is 0 Å². The first-order valence-corrected chi connectivity index (χ1v) is 5.64. The first-order chi connectivity index (χ1) is 7.17. The number of nitrogens with one attached hydrogen (secondary N) is 1. The summed E-state index contributed by atoms with van der Waals surface area (Å²) in [6.07, 6.45) is 3.14. The minimum absolute atomic E-state index is 0.0994. The van der Waals surface area contributed by atoms with Crippen molar-refractivity contribution in [2.24, 2.45) is 5.41 Å². The minimum atomic E-state index is -0.0994. The van der Waals surface area contributed by atoms with E-state index >= 15 is 0 Å². The molecule has 15 heavy (non-hydrogen) atoms. The molecule has 0 unspecified atom stereocenters. The maximum Gasteiger partial charge on any atom is 0.306 e. The molecule has 86 valence electrons. The van der Waals surface area contributed by atoms with Gasteiger partial charge in [0.25, 0.3) is 0 Å². The molecule has 0 amide bonds. The standard InChI is InChI=1S/C11H20N2O2/c1-12-9-5-11(6-9)7-13(8-11)4-3-10(14)15-2/h9,12H,3-8H2,1-2H3. The maximum absolute atomic E-state index is 10.9. The van der Waals surface area contributed by atoms with E-state index in [9.17, 15) is 4.79 Å². The van der Waals surface area contributed by atoms with Crippen LogP contribution in [0.2, 0.25) is 0 Å². The Kier molecular flexibility index (Phi) is 2.98. The van der Waals surface area contributed by atoms with Crippen molar-refractivity contribution in [2.75, 3.05) is 33.8 Å². The summed E-state index contributed by atoms with van der Waals surface area (Å²) < 4.78 is 4.62. The Morgan fingerprint density at radius 3 is 2.73 bits per heavy atom. The summed E-state index contributed by atoms with van der Waals surface area (Å²) in [7, 11) is 3.48. The fourth-order valence-corrected chi connectivity index (χ4v) is 2.86. The number of ether oxygens (including phenoxy) is 1. The number of hydrogen-bond donors (Lipinski definition) is 1. The van der Waals surface area contributed by atoms with Crippen LogP contribution in [0.1, 0.15) is 19.3 Å². The lowest BCUT2D eigenvalue weighted by atomic mass is 9.60. The highest BCUT2D eigenvalue weighted by Gasteiger charge is 2.51. The summed E-state index contributed by atoms with van der Waals surface area (Å²) in [5.41, 5.74) is 0.587. The van der Waals surface area contributed by atoms with E-state index in [0.717, 1.165) is 12.6 Å². The number of nitrogens with zero attached hydrogens (tertiary/aromatic N) is 1. The predicted molar refractivity (Wildman–Crippen MR) is 57.6 cm³/mol. The number of methoxy groups -OCH3 is 1. The van der Waals surface area contributed by atoms with Gasteiger partial charge in [0.1, 0.15) is 0 Å². The molecule has 0 aromatic rings. The van der Waals surface area contributed by atoms with E-state index in [1.54, 1.807) is 0 Å². The molecule has 2 aliphatic rings. The van der Waals surface area contributed by atoms with Crippen LogP contribution in [0.3, 0.4) is 0 Å². The first-order valence-electron chi connectivity index (χ1n) is 5.64. The zero-order chi connectivity index (χ0) is 10.9. The second-order valence-electron chi connectivity index (χ2n) is 4.93. The topological polar surface area (TPSA) is 41.6 Å². The zero-order valence-electron chi connectivity index (χ0n) is 9.58. The van der Waals surface area contributed by atoms with Gasteiger partial charge in [0, 0.05) is 25.7 Å². The Morgan fingerprint density at radius 1 is 1.53 bits per heavy atom. The van der Waals surface area contributed by atoms with Gasteiger partial charge in [-0.15, -0.1) is 0 Å². The normalized spacial score (nSPS) is 24.7. The molecule has 2 rings (SSSR count). The van der Waals surface area contributed by atoms with Crippen LogP contribution in [-0.2, 0) is 9.53 Å². The van der Waals surface area contributed by atoms with Crippen LogP contribution < -0.4 is 5.32 Å². The molecule has 1 spiro atoms. The zero-order valence-corrected chi connectivity index (χ0v) is 9.58. The third kappa shape index (κ3) is 2.16. The van der Waals surface area contributed by atoms with Crippen molar-refractivity contribution < 1.29 is 9.53 Å². The molecule has 1 saturated carbocycles. The fourth-order valence-electron chi connectivity index (χ4n) is 2.86. The molecule has 0 bridgehead atoms. The van der Waals surface area contributed by atoms with Crippen molar-refractivity contribution in [3.05, 3.63) is 0 Å². The molecular weight excluding hydrogens is 192 g/mol. The van der Waals surface area contributed by atoms with Gasteiger partial charge < -0.3 is 15.0 Å². The second-order valence-corrected chi connectivity index (χ2v) is 4.93. The van der Waals surface area contributed by atoms with Crippen molar-refractivity contribution >= 4 is 5.97 Å². The Balaban J connectivity index is 1.61. The van der Waals surface area contributed by atoms with Crippen LogP contribution >= 0.6 is 0 Å². The Labute approximate surface area is 91.0 Å². The van der Waals surface area contributed by atoms with Gasteiger partial charge in [0.05, 0.1) is 13.5 Å². The molecule has 4 heteroatoms. The molecule has 1 aliphatic heterocycles. The molecule has 1 heterocycles. The van der Waals surface area contributed by atoms with Crippen LogP contribution in [-0.4, -0.2) is 50.7 Å². The number of hydrogen-bond acceptors (Lipinski definition) is 4. The first kappa shape index (κ1) is 10.9. The van der Waals surface area contributed by atoms with Crippen LogP contribution in [0.25, 0.3) is 0 Å². The lowest BCUT2D eigenvalue weighted by molar-refractivity contribution is -0.142. The molecule has 0 aromatic carbocycles. The number of rotatable bonds is 4. The van der Waals surface area contributed by atoms with E-state index in [2.05, 4.69) is 15.0 Å². The molecule has 1 aliphatic carbocycles. The second kappa shape index (κ2) is 4.10. The molecule has 1 N–H and O–H groups in total. The summed E-state index contributed by atoms with van der Waals surface area (Å²) in [6, 6.07) is 0.729. The summed E-state index contributed by atoms with van der Waals surface area (Å²) in [4.78, 5) is 13.3. The largest absolute Gasteiger partial charge is 0.469 e. The smallest absolute Gasteiger partial charge is 0.306 e. The van der Waals surface area contributed by atoms with Crippen LogP contribution in [0, 0.1) is 5.41 Å². The number of esters is 1. The maximum atomic E-state index is 10.9. The predicted octanol–water partition coefficient (Wildman–Crippen LogP) is 0.233. The van der Waals surface area contributed by atoms with Gasteiger partial charge >= 0.3 is 5.97 Å². The fraction of sp³-hybridized carbons (Fsp3) is 0.909. The Morgan fingerprint density at radius 2 is 2.20 bits per heavy atom. The SMILES string of the molecule is CNC1CC2(C1)CN(CCC(=O)OC)C2. The highest BCUT2D eigenvalue weighted by molar-refractivity contribution is 5.69. The van der Waals surface area contributed by atoms with E-state index in [1.807, 2.05) is 7.05 Å². The van der Waals surface area contributed by atoms with Crippen molar-refractivity contribution in [3.63, 3.8) is 0 Å². The summed E-state index contributed by atoms with van der Waals surface area (Å²) >= 11 is 0. The van der Waals surface area contributed by atoms with Gasteiger partial charge in [0.15, 0.2) is 0 Å². The molecule has 0 atom stereocenters. The Bertz CT molecular complexity index is 241. The van der Waals surface area contributed by atoms with E-state index in [1.165, 1.54) is 33.0 Å². The lowest BCUT2D eigenvalue weighted by Crippen LogP contribution is -2.65. The van der Waals surface area contributed by atoms with Crippen LogP contribution in [0.4, 0.5) is 0 Å². The van der Waals surface area contributed by atoms with Crippen molar-refractivity contribution in [2.45, 2.75) is 25.3 Å². The molecule has 1 saturated heterocycles.